The Hall–Kier alpha value is -2.12. The molecule has 5 nitrogen and oxygen atoms in total. The van der Waals surface area contributed by atoms with Gasteiger partial charge in [-0.2, -0.15) is 5.10 Å². The van der Waals surface area contributed by atoms with Crippen LogP contribution < -0.4 is 10.1 Å². The lowest BCUT2D eigenvalue weighted by molar-refractivity contribution is 0.0954. The van der Waals surface area contributed by atoms with Crippen LogP contribution >= 0.6 is 27.3 Å². The molecule has 0 unspecified atom stereocenters. The van der Waals surface area contributed by atoms with Gasteiger partial charge in [-0.25, -0.2) is 0 Å². The Kier molecular flexibility index (Phi) is 6.57. The lowest BCUT2D eigenvalue weighted by Crippen LogP contribution is -2.23. The van der Waals surface area contributed by atoms with Crippen molar-refractivity contribution in [1.29, 1.82) is 0 Å². The molecule has 0 bridgehead atoms. The third kappa shape index (κ3) is 4.64. The second kappa shape index (κ2) is 8.92. The largest absolute Gasteiger partial charge is 0.488 e. The maximum atomic E-state index is 12.5. The molecule has 1 aromatic carbocycles. The fraction of sp³-hybridized carbons (Fsp3) is 0.333. The van der Waals surface area contributed by atoms with Crippen molar-refractivity contribution >= 4 is 33.2 Å². The van der Waals surface area contributed by atoms with Crippen molar-refractivity contribution in [1.82, 2.24) is 15.1 Å². The maximum Gasteiger partial charge on any atom is 0.261 e. The summed E-state index contributed by atoms with van der Waals surface area (Å²) in [6.45, 7) is 9.85. The van der Waals surface area contributed by atoms with Crippen LogP contribution in [0.4, 0.5) is 0 Å². The molecule has 1 amide bonds. The number of carbonyl (C=O) groups excluding carboxylic acids is 1. The van der Waals surface area contributed by atoms with Crippen molar-refractivity contribution in [2.45, 2.75) is 47.4 Å². The number of amides is 1. The highest BCUT2D eigenvalue weighted by molar-refractivity contribution is 9.10. The number of hydrogen-bond donors (Lipinski definition) is 1. The molecule has 0 saturated heterocycles. The van der Waals surface area contributed by atoms with Crippen molar-refractivity contribution in [3.05, 3.63) is 67.1 Å². The predicted molar refractivity (Wildman–Crippen MR) is 116 cm³/mol. The Balaban J connectivity index is 1.61. The summed E-state index contributed by atoms with van der Waals surface area (Å²) in [6, 6.07) is 6.13. The zero-order chi connectivity index (χ0) is 20.3. The van der Waals surface area contributed by atoms with Crippen molar-refractivity contribution in [3.8, 4) is 5.75 Å². The first-order chi connectivity index (χ1) is 13.4. The molecule has 0 aliphatic heterocycles. The van der Waals surface area contributed by atoms with Gasteiger partial charge >= 0.3 is 0 Å². The number of rotatable bonds is 7. The zero-order valence-electron chi connectivity index (χ0n) is 16.5. The van der Waals surface area contributed by atoms with Crippen molar-refractivity contribution in [3.63, 3.8) is 0 Å². The fourth-order valence-electron chi connectivity index (χ4n) is 3.21. The van der Waals surface area contributed by atoms with Crippen molar-refractivity contribution in [2.75, 3.05) is 0 Å². The van der Waals surface area contributed by atoms with Gasteiger partial charge in [0.15, 0.2) is 0 Å². The standard InChI is InChI=1S/C21H24BrN3O2S/c1-5-25-18(17(22)9-24-25)10-23-21(26)19-8-16(12-28-19)11-27-20-14(3)6-13(2)7-15(20)4/h6-9,12H,5,10-11H2,1-4H3,(H,23,26). The minimum absolute atomic E-state index is 0.0882. The van der Waals surface area contributed by atoms with E-state index < -0.39 is 0 Å². The van der Waals surface area contributed by atoms with Crippen molar-refractivity contribution in [2.24, 2.45) is 0 Å². The Morgan fingerprint density at radius 2 is 1.96 bits per heavy atom. The number of halogens is 1. The van der Waals surface area contributed by atoms with E-state index in [9.17, 15) is 4.79 Å². The van der Waals surface area contributed by atoms with Gasteiger partial charge in [0.1, 0.15) is 12.4 Å². The van der Waals surface area contributed by atoms with Gasteiger partial charge in [0.2, 0.25) is 0 Å². The van der Waals surface area contributed by atoms with Crippen LogP contribution in [0.15, 0.2) is 34.2 Å². The van der Waals surface area contributed by atoms with E-state index in [1.807, 2.05) is 23.1 Å². The summed E-state index contributed by atoms with van der Waals surface area (Å²) in [5, 5.41) is 9.21. The zero-order valence-corrected chi connectivity index (χ0v) is 18.9. The Labute approximate surface area is 177 Å². The molecule has 148 valence electrons. The minimum atomic E-state index is -0.0882. The Bertz CT molecular complexity index is 970. The summed E-state index contributed by atoms with van der Waals surface area (Å²) in [6.07, 6.45) is 1.75. The van der Waals surface area contributed by atoms with Gasteiger partial charge < -0.3 is 10.1 Å². The number of nitrogens with one attached hydrogen (secondary N) is 1. The third-order valence-corrected chi connectivity index (χ3v) is 6.12. The molecule has 0 fully saturated rings. The van der Waals surface area contributed by atoms with Crippen LogP contribution in [0.25, 0.3) is 0 Å². The molecular weight excluding hydrogens is 438 g/mol. The summed E-state index contributed by atoms with van der Waals surface area (Å²) in [4.78, 5) is 13.2. The van der Waals surface area contributed by atoms with Gasteiger partial charge in [-0.15, -0.1) is 11.3 Å². The Morgan fingerprint density at radius 3 is 2.64 bits per heavy atom. The first-order valence-corrected chi connectivity index (χ1v) is 10.8. The summed E-state index contributed by atoms with van der Waals surface area (Å²) in [7, 11) is 0. The van der Waals surface area contributed by atoms with Gasteiger partial charge in [0.25, 0.3) is 5.91 Å². The average molecular weight is 462 g/mol. The maximum absolute atomic E-state index is 12.5. The second-order valence-corrected chi connectivity index (χ2v) is 8.54. The number of nitrogens with zero attached hydrogens (tertiary/aromatic N) is 2. The van der Waals surface area contributed by atoms with E-state index in [-0.39, 0.29) is 5.91 Å². The quantitative estimate of drug-likeness (QED) is 0.528. The van der Waals surface area contributed by atoms with Gasteiger partial charge in [-0.3, -0.25) is 9.48 Å². The number of hydrogen-bond acceptors (Lipinski definition) is 4. The van der Waals surface area contributed by atoms with E-state index in [0.29, 0.717) is 18.0 Å². The van der Waals surface area contributed by atoms with E-state index in [0.717, 1.165) is 39.2 Å². The van der Waals surface area contributed by atoms with E-state index in [2.05, 4.69) is 59.2 Å². The highest BCUT2D eigenvalue weighted by Crippen LogP contribution is 2.26. The molecule has 2 heterocycles. The summed E-state index contributed by atoms with van der Waals surface area (Å²) in [5.41, 5.74) is 5.44. The molecule has 7 heteroatoms. The molecule has 0 saturated carbocycles. The van der Waals surface area contributed by atoms with Crippen molar-refractivity contribution < 1.29 is 9.53 Å². The number of aryl methyl sites for hydroxylation is 4. The number of benzene rings is 1. The van der Waals surface area contributed by atoms with Gasteiger partial charge in [0, 0.05) is 12.1 Å². The number of aromatic nitrogens is 2. The molecule has 1 N–H and O–H groups in total. The van der Waals surface area contributed by atoms with Crippen LogP contribution in [0.2, 0.25) is 0 Å². The predicted octanol–water partition coefficient (Wildman–Crippen LogP) is 5.16. The number of carbonyl (C=O) groups is 1. The van der Waals surface area contributed by atoms with Crippen LogP contribution in [-0.2, 0) is 19.7 Å². The molecule has 0 atom stereocenters. The smallest absolute Gasteiger partial charge is 0.261 e. The van der Waals surface area contributed by atoms with Crippen LogP contribution in [0, 0.1) is 20.8 Å². The second-order valence-electron chi connectivity index (χ2n) is 6.77. The van der Waals surface area contributed by atoms with Crippen LogP contribution in [0.5, 0.6) is 5.75 Å². The summed E-state index contributed by atoms with van der Waals surface area (Å²) < 4.78 is 8.79. The third-order valence-electron chi connectivity index (χ3n) is 4.48. The normalized spacial score (nSPS) is 10.9. The molecule has 0 aliphatic carbocycles. The highest BCUT2D eigenvalue weighted by atomic mass is 79.9. The number of thiophene rings is 1. The van der Waals surface area contributed by atoms with E-state index in [4.69, 9.17) is 4.74 Å². The van der Waals surface area contributed by atoms with Gasteiger partial charge in [-0.1, -0.05) is 17.7 Å². The lowest BCUT2D eigenvalue weighted by Gasteiger charge is -2.12. The van der Waals surface area contributed by atoms with Crippen LogP contribution in [-0.4, -0.2) is 15.7 Å². The fourth-order valence-corrected chi connectivity index (χ4v) is 4.46. The summed E-state index contributed by atoms with van der Waals surface area (Å²) >= 11 is 4.91. The molecular formula is C21H24BrN3O2S. The molecule has 0 spiro atoms. The molecule has 2 aromatic heterocycles. The summed E-state index contributed by atoms with van der Waals surface area (Å²) in [5.74, 6) is 0.829. The molecule has 0 aliphatic rings. The van der Waals surface area contributed by atoms with Crippen LogP contribution in [0.3, 0.4) is 0 Å². The number of ether oxygens (including phenoxy) is 1. The van der Waals surface area contributed by atoms with E-state index >= 15 is 0 Å². The monoisotopic (exact) mass is 461 g/mol. The first-order valence-electron chi connectivity index (χ1n) is 9.15. The van der Waals surface area contributed by atoms with Gasteiger partial charge in [-0.05, 0) is 66.2 Å². The molecule has 3 aromatic rings. The first kappa shape index (κ1) is 20.6. The lowest BCUT2D eigenvalue weighted by atomic mass is 10.1. The average Bonchev–Trinajstić information content (AvgIpc) is 3.25. The SMILES string of the molecule is CCn1ncc(Br)c1CNC(=O)c1cc(COc2c(C)cc(C)cc2C)cs1. The topological polar surface area (TPSA) is 56.2 Å². The van der Waals surface area contributed by atoms with Crippen LogP contribution in [0.1, 0.15) is 44.5 Å². The minimum Gasteiger partial charge on any atom is -0.488 e. The van der Waals surface area contributed by atoms with Gasteiger partial charge in [0.05, 0.1) is 27.8 Å². The molecule has 3 rings (SSSR count). The Morgan fingerprint density at radius 1 is 1.25 bits per heavy atom. The highest BCUT2D eigenvalue weighted by Gasteiger charge is 2.13. The molecule has 0 radical (unpaired) electrons. The van der Waals surface area contributed by atoms with E-state index in [1.54, 1.807) is 6.20 Å². The van der Waals surface area contributed by atoms with E-state index in [1.165, 1.54) is 16.9 Å². The molecule has 28 heavy (non-hydrogen) atoms.